The Bertz CT molecular complexity index is 640. The van der Waals surface area contributed by atoms with Crippen LogP contribution in [0.5, 0.6) is 17.2 Å². The quantitative estimate of drug-likeness (QED) is 0.734. The average Bonchev–Trinajstić information content (AvgIpc) is 2.89. The molecule has 0 unspecified atom stereocenters. The Hall–Kier alpha value is -2.89. The van der Waals surface area contributed by atoms with Crippen LogP contribution >= 0.6 is 0 Å². The van der Waals surface area contributed by atoms with Crippen LogP contribution in [0.15, 0.2) is 42.5 Å². The van der Waals surface area contributed by atoms with E-state index in [0.717, 1.165) is 0 Å². The van der Waals surface area contributed by atoms with E-state index in [4.69, 9.17) is 14.6 Å². The van der Waals surface area contributed by atoms with E-state index < -0.39 is 0 Å². The fourth-order valence-corrected chi connectivity index (χ4v) is 1.81. The first-order chi connectivity index (χ1) is 9.70. The summed E-state index contributed by atoms with van der Waals surface area (Å²) in [5, 5.41) is 14.5. The standard InChI is InChI=1S/C14H12N2O4/c17-11-4-1-9(2-5-11)15-14(18)16-10-3-6-12-13(7-10)20-8-19-12/h1-7,17H,8H2,(H2,15,16,18). The minimum atomic E-state index is -0.380. The molecule has 1 aliphatic heterocycles. The van der Waals surface area contributed by atoms with Crippen molar-refractivity contribution < 1.29 is 19.4 Å². The van der Waals surface area contributed by atoms with Crippen molar-refractivity contribution in [1.82, 2.24) is 0 Å². The molecule has 0 aliphatic carbocycles. The zero-order valence-electron chi connectivity index (χ0n) is 10.4. The number of benzene rings is 2. The fraction of sp³-hybridized carbons (Fsp3) is 0.0714. The van der Waals surface area contributed by atoms with Crippen LogP contribution in [-0.4, -0.2) is 17.9 Å². The van der Waals surface area contributed by atoms with Gasteiger partial charge in [-0.2, -0.15) is 0 Å². The predicted molar refractivity (Wildman–Crippen MR) is 73.3 cm³/mol. The summed E-state index contributed by atoms with van der Waals surface area (Å²) in [6.07, 6.45) is 0. The Morgan fingerprint density at radius 3 is 2.40 bits per heavy atom. The molecule has 1 aliphatic rings. The highest BCUT2D eigenvalue weighted by molar-refractivity contribution is 5.99. The molecule has 20 heavy (non-hydrogen) atoms. The number of aromatic hydroxyl groups is 1. The number of phenolic OH excluding ortho intramolecular Hbond substituents is 1. The SMILES string of the molecule is O=C(Nc1ccc(O)cc1)Nc1ccc2c(c1)OCO2. The Labute approximate surface area is 114 Å². The largest absolute Gasteiger partial charge is 0.508 e. The van der Waals surface area contributed by atoms with Crippen molar-refractivity contribution in [3.63, 3.8) is 0 Å². The van der Waals surface area contributed by atoms with E-state index >= 15 is 0 Å². The summed E-state index contributed by atoms with van der Waals surface area (Å²) in [5.41, 5.74) is 1.19. The normalized spacial score (nSPS) is 12.0. The van der Waals surface area contributed by atoms with Crippen LogP contribution in [0.3, 0.4) is 0 Å². The summed E-state index contributed by atoms with van der Waals surface area (Å²) in [4.78, 5) is 11.8. The lowest BCUT2D eigenvalue weighted by atomic mass is 10.3. The van der Waals surface area contributed by atoms with E-state index in [1.54, 1.807) is 30.3 Å². The molecule has 0 radical (unpaired) electrons. The van der Waals surface area contributed by atoms with Gasteiger partial charge in [0.1, 0.15) is 5.75 Å². The Morgan fingerprint density at radius 1 is 0.950 bits per heavy atom. The summed E-state index contributed by atoms with van der Waals surface area (Å²) < 4.78 is 10.4. The minimum absolute atomic E-state index is 0.145. The molecular formula is C14H12N2O4. The van der Waals surface area contributed by atoms with Gasteiger partial charge in [0.15, 0.2) is 11.5 Å². The topological polar surface area (TPSA) is 79.8 Å². The molecule has 6 nitrogen and oxygen atoms in total. The number of urea groups is 1. The van der Waals surface area contributed by atoms with Crippen molar-refractivity contribution in [1.29, 1.82) is 0 Å². The monoisotopic (exact) mass is 272 g/mol. The van der Waals surface area contributed by atoms with Gasteiger partial charge in [0.25, 0.3) is 0 Å². The molecule has 0 saturated carbocycles. The summed E-state index contributed by atoms with van der Waals surface area (Å²) in [5.74, 6) is 1.41. The van der Waals surface area contributed by atoms with Gasteiger partial charge in [-0.25, -0.2) is 4.79 Å². The second kappa shape index (κ2) is 5.00. The highest BCUT2D eigenvalue weighted by atomic mass is 16.7. The third kappa shape index (κ3) is 2.59. The summed E-state index contributed by atoms with van der Waals surface area (Å²) in [7, 11) is 0. The number of carbonyl (C=O) groups is 1. The molecule has 0 bridgehead atoms. The second-order valence-corrected chi connectivity index (χ2v) is 4.19. The molecule has 2 aromatic rings. The molecule has 0 spiro atoms. The lowest BCUT2D eigenvalue weighted by Gasteiger charge is -2.08. The van der Waals surface area contributed by atoms with Gasteiger partial charge in [0.05, 0.1) is 0 Å². The molecule has 3 rings (SSSR count). The second-order valence-electron chi connectivity index (χ2n) is 4.19. The summed E-state index contributed by atoms with van der Waals surface area (Å²) >= 11 is 0. The van der Waals surface area contributed by atoms with Gasteiger partial charge in [-0.1, -0.05) is 0 Å². The summed E-state index contributed by atoms with van der Waals surface area (Å²) in [6.45, 7) is 0.193. The van der Waals surface area contributed by atoms with E-state index in [2.05, 4.69) is 10.6 Å². The number of hydrogen-bond donors (Lipinski definition) is 3. The maximum absolute atomic E-state index is 11.8. The molecule has 2 aromatic carbocycles. The van der Waals surface area contributed by atoms with E-state index in [9.17, 15) is 4.79 Å². The van der Waals surface area contributed by atoms with Gasteiger partial charge in [0, 0.05) is 17.4 Å². The number of rotatable bonds is 2. The van der Waals surface area contributed by atoms with Crippen LogP contribution in [-0.2, 0) is 0 Å². The van der Waals surface area contributed by atoms with Gasteiger partial charge in [-0.3, -0.25) is 0 Å². The molecule has 0 aromatic heterocycles. The molecule has 0 saturated heterocycles. The number of phenols is 1. The molecule has 102 valence electrons. The Balaban J connectivity index is 1.65. The lowest BCUT2D eigenvalue weighted by Crippen LogP contribution is -2.19. The van der Waals surface area contributed by atoms with E-state index in [-0.39, 0.29) is 18.6 Å². The predicted octanol–water partition coefficient (Wildman–Crippen LogP) is 2.76. The number of carbonyl (C=O) groups excluding carboxylic acids is 1. The molecule has 0 atom stereocenters. The first-order valence-electron chi connectivity index (χ1n) is 5.97. The number of hydrogen-bond acceptors (Lipinski definition) is 4. The van der Waals surface area contributed by atoms with Crippen molar-refractivity contribution in [2.24, 2.45) is 0 Å². The number of fused-ring (bicyclic) bond motifs is 1. The lowest BCUT2D eigenvalue weighted by molar-refractivity contribution is 0.174. The number of amides is 2. The minimum Gasteiger partial charge on any atom is -0.508 e. The number of anilines is 2. The van der Waals surface area contributed by atoms with Crippen LogP contribution < -0.4 is 20.1 Å². The van der Waals surface area contributed by atoms with E-state index in [1.807, 2.05) is 0 Å². The maximum atomic E-state index is 11.8. The smallest absolute Gasteiger partial charge is 0.323 e. The van der Waals surface area contributed by atoms with E-state index in [0.29, 0.717) is 22.9 Å². The van der Waals surface area contributed by atoms with Crippen molar-refractivity contribution in [3.8, 4) is 17.2 Å². The van der Waals surface area contributed by atoms with E-state index in [1.165, 1.54) is 12.1 Å². The average molecular weight is 272 g/mol. The molecule has 3 N–H and O–H groups in total. The van der Waals surface area contributed by atoms with Crippen molar-refractivity contribution >= 4 is 17.4 Å². The van der Waals surface area contributed by atoms with Crippen molar-refractivity contribution in [2.75, 3.05) is 17.4 Å². The van der Waals surface area contributed by atoms with Crippen LogP contribution in [0.2, 0.25) is 0 Å². The highest BCUT2D eigenvalue weighted by Gasteiger charge is 2.14. The van der Waals surface area contributed by atoms with Gasteiger partial charge >= 0.3 is 6.03 Å². The highest BCUT2D eigenvalue weighted by Crippen LogP contribution is 2.34. The van der Waals surface area contributed by atoms with Crippen LogP contribution in [0, 0.1) is 0 Å². The summed E-state index contributed by atoms with van der Waals surface area (Å²) in [6, 6.07) is 11.0. The molecular weight excluding hydrogens is 260 g/mol. The van der Waals surface area contributed by atoms with Crippen LogP contribution in [0.4, 0.5) is 16.2 Å². The number of nitrogens with one attached hydrogen (secondary N) is 2. The molecule has 0 fully saturated rings. The van der Waals surface area contributed by atoms with Crippen molar-refractivity contribution in [3.05, 3.63) is 42.5 Å². The first kappa shape index (κ1) is 12.2. The molecule has 1 heterocycles. The van der Waals surface area contributed by atoms with Gasteiger partial charge in [-0.05, 0) is 36.4 Å². The fourth-order valence-electron chi connectivity index (χ4n) is 1.81. The number of ether oxygens (including phenoxy) is 2. The van der Waals surface area contributed by atoms with Gasteiger partial charge in [0.2, 0.25) is 6.79 Å². The zero-order chi connectivity index (χ0) is 13.9. The van der Waals surface area contributed by atoms with Crippen LogP contribution in [0.25, 0.3) is 0 Å². The van der Waals surface area contributed by atoms with Crippen LogP contribution in [0.1, 0.15) is 0 Å². The Morgan fingerprint density at radius 2 is 1.60 bits per heavy atom. The maximum Gasteiger partial charge on any atom is 0.323 e. The molecule has 6 heteroatoms. The van der Waals surface area contributed by atoms with Gasteiger partial charge in [-0.15, -0.1) is 0 Å². The molecule has 2 amide bonds. The first-order valence-corrected chi connectivity index (χ1v) is 5.97. The van der Waals surface area contributed by atoms with Gasteiger partial charge < -0.3 is 25.2 Å². The van der Waals surface area contributed by atoms with Crippen molar-refractivity contribution in [2.45, 2.75) is 0 Å². The third-order valence-corrected chi connectivity index (χ3v) is 2.76. The Kier molecular flexibility index (Phi) is 3.04. The third-order valence-electron chi connectivity index (χ3n) is 2.76. The zero-order valence-corrected chi connectivity index (χ0v) is 10.4.